The molecule has 0 fully saturated rings. The molecule has 0 saturated carbocycles. The first-order chi connectivity index (χ1) is 14.7. The maximum absolute atomic E-state index is 13.2. The first-order valence-electron chi connectivity index (χ1n) is 9.31. The van der Waals surface area contributed by atoms with Gasteiger partial charge in [-0.25, -0.2) is 17.5 Å². The van der Waals surface area contributed by atoms with Crippen LogP contribution in [0.4, 0.5) is 23.7 Å². The number of benzene rings is 3. The summed E-state index contributed by atoms with van der Waals surface area (Å²) < 4.78 is 66.3. The standard InChI is InChI=1S/C22H17F3N2O3S/c23-22(24,25)18-10-6-9-17(13-18)14-26-19-11-4-5-12-20(19)31(29,30)27(21(26)28)15-16-7-2-1-3-8-16/h1-13H,14-15H2. The summed E-state index contributed by atoms with van der Waals surface area (Å²) in [6, 6.07) is 18.4. The van der Waals surface area contributed by atoms with Crippen molar-refractivity contribution in [2.24, 2.45) is 0 Å². The number of hydrogen-bond acceptors (Lipinski definition) is 3. The van der Waals surface area contributed by atoms with Crippen molar-refractivity contribution < 1.29 is 26.4 Å². The number of rotatable bonds is 4. The average Bonchev–Trinajstić information content (AvgIpc) is 2.75. The van der Waals surface area contributed by atoms with E-state index in [4.69, 9.17) is 0 Å². The molecule has 31 heavy (non-hydrogen) atoms. The van der Waals surface area contributed by atoms with Gasteiger partial charge in [0.2, 0.25) is 0 Å². The Labute approximate surface area is 177 Å². The number of carbonyl (C=O) groups is 1. The summed E-state index contributed by atoms with van der Waals surface area (Å²) in [5.41, 5.74) is 0.139. The van der Waals surface area contributed by atoms with E-state index < -0.39 is 27.8 Å². The van der Waals surface area contributed by atoms with Crippen LogP contribution in [0.25, 0.3) is 0 Å². The summed E-state index contributed by atoms with van der Waals surface area (Å²) in [4.78, 5) is 14.4. The van der Waals surface area contributed by atoms with Crippen LogP contribution in [0.15, 0.2) is 83.8 Å². The minimum Gasteiger partial charge on any atom is -0.288 e. The van der Waals surface area contributed by atoms with E-state index >= 15 is 0 Å². The summed E-state index contributed by atoms with van der Waals surface area (Å²) in [6.45, 7) is -0.393. The normalized spacial score (nSPS) is 15.6. The van der Waals surface area contributed by atoms with Gasteiger partial charge < -0.3 is 0 Å². The van der Waals surface area contributed by atoms with Crippen LogP contribution in [-0.2, 0) is 29.3 Å². The summed E-state index contributed by atoms with van der Waals surface area (Å²) in [6.07, 6.45) is -4.53. The minimum absolute atomic E-state index is 0.0718. The Balaban J connectivity index is 1.76. The van der Waals surface area contributed by atoms with Gasteiger partial charge in [0.1, 0.15) is 4.90 Å². The molecule has 0 atom stereocenters. The molecule has 3 aromatic rings. The maximum Gasteiger partial charge on any atom is 0.416 e. The van der Waals surface area contributed by atoms with Crippen LogP contribution < -0.4 is 4.90 Å². The zero-order valence-corrected chi connectivity index (χ0v) is 16.9. The van der Waals surface area contributed by atoms with Gasteiger partial charge >= 0.3 is 12.2 Å². The SMILES string of the molecule is O=C1N(Cc2cccc(C(F)(F)F)c2)c2ccccc2S(=O)(=O)N1Cc1ccccc1. The van der Waals surface area contributed by atoms with Crippen LogP contribution in [0.3, 0.4) is 0 Å². The molecule has 0 saturated heterocycles. The van der Waals surface area contributed by atoms with E-state index in [0.717, 1.165) is 16.4 Å². The van der Waals surface area contributed by atoms with Crippen molar-refractivity contribution in [1.82, 2.24) is 4.31 Å². The van der Waals surface area contributed by atoms with Crippen molar-refractivity contribution in [1.29, 1.82) is 0 Å². The van der Waals surface area contributed by atoms with E-state index in [1.807, 2.05) is 0 Å². The molecule has 0 unspecified atom stereocenters. The summed E-state index contributed by atoms with van der Waals surface area (Å²) in [5.74, 6) is 0. The molecule has 2 amide bonds. The van der Waals surface area contributed by atoms with Crippen LogP contribution in [0.1, 0.15) is 16.7 Å². The minimum atomic E-state index is -4.53. The van der Waals surface area contributed by atoms with Crippen molar-refractivity contribution in [3.05, 3.63) is 95.6 Å². The lowest BCUT2D eigenvalue weighted by Gasteiger charge is -2.36. The fourth-order valence-corrected chi connectivity index (χ4v) is 4.99. The van der Waals surface area contributed by atoms with Gasteiger partial charge in [-0.2, -0.15) is 13.2 Å². The van der Waals surface area contributed by atoms with Gasteiger partial charge in [0.05, 0.1) is 24.3 Å². The van der Waals surface area contributed by atoms with E-state index in [9.17, 15) is 26.4 Å². The van der Waals surface area contributed by atoms with Gasteiger partial charge in [-0.05, 0) is 35.4 Å². The second kappa shape index (κ2) is 7.73. The van der Waals surface area contributed by atoms with Crippen LogP contribution in [0.2, 0.25) is 0 Å². The van der Waals surface area contributed by atoms with E-state index in [0.29, 0.717) is 5.56 Å². The van der Waals surface area contributed by atoms with Crippen molar-refractivity contribution in [2.75, 3.05) is 4.90 Å². The molecule has 160 valence electrons. The number of anilines is 1. The van der Waals surface area contributed by atoms with Gasteiger partial charge in [-0.1, -0.05) is 54.6 Å². The molecule has 0 N–H and O–H groups in total. The lowest BCUT2D eigenvalue weighted by molar-refractivity contribution is -0.137. The second-order valence-corrected chi connectivity index (χ2v) is 8.86. The van der Waals surface area contributed by atoms with Crippen LogP contribution >= 0.6 is 0 Å². The molecule has 0 aliphatic carbocycles. The molecule has 0 aromatic heterocycles. The maximum atomic E-state index is 13.2. The highest BCUT2D eigenvalue weighted by atomic mass is 32.2. The number of para-hydroxylation sites is 1. The number of amides is 2. The zero-order chi connectivity index (χ0) is 22.2. The number of sulfonamides is 1. The molecule has 1 heterocycles. The summed E-state index contributed by atoms with van der Waals surface area (Å²) >= 11 is 0. The number of urea groups is 1. The van der Waals surface area contributed by atoms with Crippen LogP contribution in [-0.4, -0.2) is 18.8 Å². The van der Waals surface area contributed by atoms with Gasteiger partial charge in [-0.3, -0.25) is 4.90 Å². The van der Waals surface area contributed by atoms with E-state index in [1.165, 1.54) is 35.2 Å². The Morgan fingerprint density at radius 1 is 0.774 bits per heavy atom. The predicted molar refractivity (Wildman–Crippen MR) is 109 cm³/mol. The molecule has 0 radical (unpaired) electrons. The van der Waals surface area contributed by atoms with Crippen molar-refractivity contribution >= 4 is 21.7 Å². The third-order valence-corrected chi connectivity index (χ3v) is 6.70. The first kappa shape index (κ1) is 20.9. The molecule has 5 nitrogen and oxygen atoms in total. The van der Waals surface area contributed by atoms with Gasteiger partial charge in [-0.15, -0.1) is 0 Å². The molecule has 4 rings (SSSR count). The Morgan fingerprint density at radius 2 is 1.42 bits per heavy atom. The lowest BCUT2D eigenvalue weighted by atomic mass is 10.1. The van der Waals surface area contributed by atoms with Gasteiger partial charge in [0.15, 0.2) is 0 Å². The third-order valence-electron chi connectivity index (χ3n) is 4.93. The summed E-state index contributed by atoms with van der Waals surface area (Å²) in [7, 11) is -4.12. The Bertz CT molecular complexity index is 1230. The van der Waals surface area contributed by atoms with Crippen molar-refractivity contribution in [2.45, 2.75) is 24.2 Å². The molecule has 1 aliphatic rings. The predicted octanol–water partition coefficient (Wildman–Crippen LogP) is 5.04. The highest BCUT2D eigenvalue weighted by Crippen LogP contribution is 2.36. The average molecular weight is 446 g/mol. The number of carbonyl (C=O) groups excluding carboxylic acids is 1. The fraction of sp³-hybridized carbons (Fsp3) is 0.136. The number of halogens is 3. The lowest BCUT2D eigenvalue weighted by Crippen LogP contribution is -2.49. The van der Waals surface area contributed by atoms with Crippen LogP contribution in [0.5, 0.6) is 0 Å². The van der Waals surface area contributed by atoms with E-state index in [-0.39, 0.29) is 29.2 Å². The van der Waals surface area contributed by atoms with Crippen molar-refractivity contribution in [3.8, 4) is 0 Å². The third kappa shape index (κ3) is 4.00. The Kier molecular flexibility index (Phi) is 5.22. The number of nitrogens with zero attached hydrogens (tertiary/aromatic N) is 2. The highest BCUT2D eigenvalue weighted by molar-refractivity contribution is 7.90. The van der Waals surface area contributed by atoms with Gasteiger partial charge in [0, 0.05) is 0 Å². The molecule has 9 heteroatoms. The van der Waals surface area contributed by atoms with Gasteiger partial charge in [0.25, 0.3) is 10.0 Å². The molecule has 3 aromatic carbocycles. The zero-order valence-electron chi connectivity index (χ0n) is 16.1. The molecule has 0 spiro atoms. The fourth-order valence-electron chi connectivity index (χ4n) is 3.44. The Hall–Kier alpha value is -3.33. The summed E-state index contributed by atoms with van der Waals surface area (Å²) in [5, 5.41) is 0. The Morgan fingerprint density at radius 3 is 2.13 bits per heavy atom. The highest BCUT2D eigenvalue weighted by Gasteiger charge is 2.41. The smallest absolute Gasteiger partial charge is 0.288 e. The molecular formula is C22H17F3N2O3S. The number of hydrogen-bond donors (Lipinski definition) is 0. The van der Waals surface area contributed by atoms with E-state index in [1.54, 1.807) is 36.4 Å². The molecular weight excluding hydrogens is 429 g/mol. The topological polar surface area (TPSA) is 57.7 Å². The van der Waals surface area contributed by atoms with Crippen LogP contribution in [0, 0.1) is 0 Å². The molecule has 0 bridgehead atoms. The monoisotopic (exact) mass is 446 g/mol. The van der Waals surface area contributed by atoms with E-state index in [2.05, 4.69) is 0 Å². The number of fused-ring (bicyclic) bond motifs is 1. The second-order valence-electron chi connectivity index (χ2n) is 7.03. The number of alkyl halides is 3. The van der Waals surface area contributed by atoms with Crippen molar-refractivity contribution in [3.63, 3.8) is 0 Å². The molecule has 1 aliphatic heterocycles. The first-order valence-corrected chi connectivity index (χ1v) is 10.8. The quantitative estimate of drug-likeness (QED) is 0.565. The largest absolute Gasteiger partial charge is 0.416 e.